The SMILES string of the molecule is CCC[C@@H](N)c1ccco1.Cl. The van der Waals surface area contributed by atoms with Crippen LogP contribution in [0.4, 0.5) is 0 Å². The predicted octanol–water partition coefficient (Wildman–Crippen LogP) is 2.50. The van der Waals surface area contributed by atoms with E-state index in [1.807, 2.05) is 12.1 Å². The van der Waals surface area contributed by atoms with Gasteiger partial charge in [-0.15, -0.1) is 12.4 Å². The fourth-order valence-electron chi connectivity index (χ4n) is 0.956. The Hall–Kier alpha value is -0.470. The lowest BCUT2D eigenvalue weighted by molar-refractivity contribution is 0.450. The van der Waals surface area contributed by atoms with Crippen LogP contribution >= 0.6 is 12.4 Å². The molecule has 0 aliphatic carbocycles. The number of hydrogen-bond donors (Lipinski definition) is 1. The van der Waals surface area contributed by atoms with Gasteiger partial charge in [-0.25, -0.2) is 0 Å². The first kappa shape index (κ1) is 10.5. The van der Waals surface area contributed by atoms with Crippen LogP contribution in [0.5, 0.6) is 0 Å². The molecule has 1 aromatic heterocycles. The molecular formula is C8H14ClNO. The van der Waals surface area contributed by atoms with Gasteiger partial charge in [0.05, 0.1) is 12.3 Å². The molecule has 1 heterocycles. The fraction of sp³-hybridized carbons (Fsp3) is 0.500. The largest absolute Gasteiger partial charge is 0.468 e. The number of halogens is 1. The molecular weight excluding hydrogens is 162 g/mol. The van der Waals surface area contributed by atoms with E-state index in [4.69, 9.17) is 10.2 Å². The smallest absolute Gasteiger partial charge is 0.120 e. The summed E-state index contributed by atoms with van der Waals surface area (Å²) in [6.45, 7) is 2.11. The first-order valence-corrected chi connectivity index (χ1v) is 3.63. The molecule has 0 aromatic carbocycles. The minimum atomic E-state index is 0. The summed E-state index contributed by atoms with van der Waals surface area (Å²) in [7, 11) is 0. The summed E-state index contributed by atoms with van der Waals surface area (Å²) in [6, 6.07) is 3.87. The summed E-state index contributed by atoms with van der Waals surface area (Å²) in [5.74, 6) is 0.891. The number of furan rings is 1. The van der Waals surface area contributed by atoms with Gasteiger partial charge in [-0.3, -0.25) is 0 Å². The zero-order valence-corrected chi connectivity index (χ0v) is 7.43. The quantitative estimate of drug-likeness (QED) is 0.767. The maximum Gasteiger partial charge on any atom is 0.120 e. The van der Waals surface area contributed by atoms with Crippen LogP contribution in [0.15, 0.2) is 22.8 Å². The molecule has 3 heteroatoms. The molecule has 0 aliphatic rings. The van der Waals surface area contributed by atoms with E-state index in [2.05, 4.69) is 6.92 Å². The highest BCUT2D eigenvalue weighted by Crippen LogP contribution is 2.14. The van der Waals surface area contributed by atoms with Crippen molar-refractivity contribution in [1.29, 1.82) is 0 Å². The second-order valence-electron chi connectivity index (χ2n) is 2.41. The fourth-order valence-corrected chi connectivity index (χ4v) is 0.956. The Morgan fingerprint density at radius 3 is 2.82 bits per heavy atom. The molecule has 2 nitrogen and oxygen atoms in total. The molecule has 1 rings (SSSR count). The van der Waals surface area contributed by atoms with E-state index >= 15 is 0 Å². The Labute approximate surface area is 73.2 Å². The second-order valence-corrected chi connectivity index (χ2v) is 2.41. The van der Waals surface area contributed by atoms with Crippen LogP contribution in [0.3, 0.4) is 0 Å². The van der Waals surface area contributed by atoms with E-state index in [0.717, 1.165) is 18.6 Å². The Bertz CT molecular complexity index is 174. The van der Waals surface area contributed by atoms with Crippen molar-refractivity contribution in [3.05, 3.63) is 24.2 Å². The van der Waals surface area contributed by atoms with Crippen LogP contribution in [-0.2, 0) is 0 Å². The van der Waals surface area contributed by atoms with Crippen molar-refractivity contribution in [3.63, 3.8) is 0 Å². The number of nitrogens with two attached hydrogens (primary N) is 1. The number of hydrogen-bond acceptors (Lipinski definition) is 2. The van der Waals surface area contributed by atoms with Gasteiger partial charge in [-0.05, 0) is 18.6 Å². The van der Waals surface area contributed by atoms with Crippen LogP contribution in [0.25, 0.3) is 0 Å². The van der Waals surface area contributed by atoms with Crippen molar-refractivity contribution in [1.82, 2.24) is 0 Å². The first-order chi connectivity index (χ1) is 4.84. The highest BCUT2D eigenvalue weighted by Gasteiger charge is 2.05. The second kappa shape index (κ2) is 5.22. The lowest BCUT2D eigenvalue weighted by Crippen LogP contribution is -2.08. The summed E-state index contributed by atoms with van der Waals surface area (Å²) in [5, 5.41) is 0. The molecule has 0 unspecified atom stereocenters. The van der Waals surface area contributed by atoms with Crippen molar-refractivity contribution in [2.45, 2.75) is 25.8 Å². The van der Waals surface area contributed by atoms with Crippen LogP contribution < -0.4 is 5.73 Å². The van der Waals surface area contributed by atoms with Gasteiger partial charge in [-0.2, -0.15) is 0 Å². The minimum absolute atomic E-state index is 0. The predicted molar refractivity (Wildman–Crippen MR) is 47.8 cm³/mol. The Morgan fingerprint density at radius 1 is 1.64 bits per heavy atom. The van der Waals surface area contributed by atoms with Crippen molar-refractivity contribution in [3.8, 4) is 0 Å². The lowest BCUT2D eigenvalue weighted by Gasteiger charge is -2.04. The third-order valence-electron chi connectivity index (χ3n) is 1.51. The van der Waals surface area contributed by atoms with Crippen molar-refractivity contribution < 1.29 is 4.42 Å². The average Bonchev–Trinajstić information content (AvgIpc) is 2.38. The summed E-state index contributed by atoms with van der Waals surface area (Å²) >= 11 is 0. The van der Waals surface area contributed by atoms with Crippen molar-refractivity contribution in [2.75, 3.05) is 0 Å². The van der Waals surface area contributed by atoms with E-state index in [1.54, 1.807) is 6.26 Å². The third kappa shape index (κ3) is 2.95. The van der Waals surface area contributed by atoms with E-state index in [9.17, 15) is 0 Å². The zero-order chi connectivity index (χ0) is 7.40. The van der Waals surface area contributed by atoms with E-state index < -0.39 is 0 Å². The van der Waals surface area contributed by atoms with Gasteiger partial charge in [0.25, 0.3) is 0 Å². The lowest BCUT2D eigenvalue weighted by atomic mass is 10.1. The van der Waals surface area contributed by atoms with Crippen LogP contribution in [-0.4, -0.2) is 0 Å². The molecule has 1 aromatic rings. The summed E-state index contributed by atoms with van der Waals surface area (Å²) in [6.07, 6.45) is 3.75. The molecule has 0 bridgehead atoms. The first-order valence-electron chi connectivity index (χ1n) is 3.63. The molecule has 1 atom stereocenters. The summed E-state index contributed by atoms with van der Waals surface area (Å²) < 4.78 is 5.12. The van der Waals surface area contributed by atoms with E-state index in [0.29, 0.717) is 0 Å². The van der Waals surface area contributed by atoms with Crippen LogP contribution in [0, 0.1) is 0 Å². The Morgan fingerprint density at radius 2 is 2.36 bits per heavy atom. The molecule has 2 N–H and O–H groups in total. The van der Waals surface area contributed by atoms with Crippen LogP contribution in [0.1, 0.15) is 31.6 Å². The van der Waals surface area contributed by atoms with Gasteiger partial charge in [0.2, 0.25) is 0 Å². The molecule has 0 fully saturated rings. The Kier molecular flexibility index (Phi) is 4.99. The normalized spacial score (nSPS) is 12.2. The maximum atomic E-state index is 5.76. The zero-order valence-electron chi connectivity index (χ0n) is 6.62. The van der Waals surface area contributed by atoms with Crippen LogP contribution in [0.2, 0.25) is 0 Å². The van der Waals surface area contributed by atoms with E-state index in [1.165, 1.54) is 0 Å². The molecule has 11 heavy (non-hydrogen) atoms. The summed E-state index contributed by atoms with van der Waals surface area (Å²) in [4.78, 5) is 0. The molecule has 0 amide bonds. The van der Waals surface area contributed by atoms with Gasteiger partial charge in [0, 0.05) is 0 Å². The minimum Gasteiger partial charge on any atom is -0.468 e. The van der Waals surface area contributed by atoms with Gasteiger partial charge < -0.3 is 10.2 Å². The van der Waals surface area contributed by atoms with Gasteiger partial charge in [0.1, 0.15) is 5.76 Å². The topological polar surface area (TPSA) is 39.2 Å². The van der Waals surface area contributed by atoms with Crippen molar-refractivity contribution >= 4 is 12.4 Å². The Balaban J connectivity index is 0.000001000. The highest BCUT2D eigenvalue weighted by molar-refractivity contribution is 5.85. The molecule has 0 aliphatic heterocycles. The molecule has 0 saturated carbocycles. The summed E-state index contributed by atoms with van der Waals surface area (Å²) in [5.41, 5.74) is 5.76. The van der Waals surface area contributed by atoms with E-state index in [-0.39, 0.29) is 18.4 Å². The van der Waals surface area contributed by atoms with Gasteiger partial charge in [-0.1, -0.05) is 13.3 Å². The molecule has 0 saturated heterocycles. The highest BCUT2D eigenvalue weighted by atomic mass is 35.5. The standard InChI is InChI=1S/C8H13NO.ClH/c1-2-4-7(9)8-5-3-6-10-8;/h3,5-7H,2,4,9H2,1H3;1H/t7-;/m1./s1. The molecule has 0 radical (unpaired) electrons. The van der Waals surface area contributed by atoms with Crippen molar-refractivity contribution in [2.24, 2.45) is 5.73 Å². The van der Waals surface area contributed by atoms with Gasteiger partial charge >= 0.3 is 0 Å². The third-order valence-corrected chi connectivity index (χ3v) is 1.51. The molecule has 64 valence electrons. The average molecular weight is 176 g/mol. The monoisotopic (exact) mass is 175 g/mol. The maximum absolute atomic E-state index is 5.76. The van der Waals surface area contributed by atoms with Gasteiger partial charge in [0.15, 0.2) is 0 Å². The molecule has 0 spiro atoms. The number of rotatable bonds is 3.